The van der Waals surface area contributed by atoms with Gasteiger partial charge in [0, 0.05) is 19.6 Å². The monoisotopic (exact) mass is 184 g/mol. The van der Waals surface area contributed by atoms with Crippen LogP contribution in [0.1, 0.15) is 38.5 Å². The van der Waals surface area contributed by atoms with Crippen LogP contribution in [0.2, 0.25) is 0 Å². The molecule has 0 radical (unpaired) electrons. The first kappa shape index (κ1) is 9.47. The molecule has 2 heteroatoms. The molecule has 0 bridgehead atoms. The minimum atomic E-state index is 0.378. The molecule has 0 aromatic rings. The molecule has 1 spiro atoms. The van der Waals surface area contributed by atoms with Gasteiger partial charge in [-0.15, -0.1) is 0 Å². The van der Waals surface area contributed by atoms with Crippen LogP contribution in [0.5, 0.6) is 0 Å². The molecule has 2 atom stereocenters. The highest BCUT2D eigenvalue weighted by molar-refractivity contribution is 5.02. The second kappa shape index (κ2) is 3.58. The third-order valence-corrected chi connectivity index (χ3v) is 4.07. The highest BCUT2D eigenvalue weighted by atomic mass is 16.5. The van der Waals surface area contributed by atoms with Gasteiger partial charge in [0.15, 0.2) is 0 Å². The number of hydrogen-bond donors (Lipinski definition) is 0. The summed E-state index contributed by atoms with van der Waals surface area (Å²) in [5, 5.41) is 0. The lowest BCUT2D eigenvalue weighted by molar-refractivity contribution is -0.0683. The van der Waals surface area contributed by atoms with Crippen LogP contribution in [0, 0.1) is 5.41 Å². The van der Waals surface area contributed by atoms with Crippen molar-refractivity contribution in [2.75, 3.05) is 14.2 Å². The fourth-order valence-electron chi connectivity index (χ4n) is 3.49. The Morgan fingerprint density at radius 3 is 1.77 bits per heavy atom. The predicted molar refractivity (Wildman–Crippen MR) is 51.7 cm³/mol. The molecule has 0 heterocycles. The van der Waals surface area contributed by atoms with Crippen molar-refractivity contribution in [3.63, 3.8) is 0 Å². The lowest BCUT2D eigenvalue weighted by Crippen LogP contribution is -2.39. The first-order chi connectivity index (χ1) is 6.33. The van der Waals surface area contributed by atoms with Crippen molar-refractivity contribution >= 4 is 0 Å². The van der Waals surface area contributed by atoms with E-state index < -0.39 is 0 Å². The minimum absolute atomic E-state index is 0.378. The van der Waals surface area contributed by atoms with Crippen molar-refractivity contribution in [1.29, 1.82) is 0 Å². The SMILES string of the molecule is COC1CCCC12CCCC2OC. The van der Waals surface area contributed by atoms with E-state index in [2.05, 4.69) is 0 Å². The van der Waals surface area contributed by atoms with Crippen molar-refractivity contribution in [3.8, 4) is 0 Å². The fourth-order valence-corrected chi connectivity index (χ4v) is 3.49. The Labute approximate surface area is 80.6 Å². The van der Waals surface area contributed by atoms with Gasteiger partial charge in [0.05, 0.1) is 12.2 Å². The summed E-state index contributed by atoms with van der Waals surface area (Å²) in [4.78, 5) is 0. The predicted octanol–water partition coefficient (Wildman–Crippen LogP) is 2.37. The minimum Gasteiger partial charge on any atom is -0.381 e. The topological polar surface area (TPSA) is 18.5 Å². The van der Waals surface area contributed by atoms with Crippen molar-refractivity contribution in [2.45, 2.75) is 50.7 Å². The zero-order valence-corrected chi connectivity index (χ0v) is 8.71. The van der Waals surface area contributed by atoms with E-state index in [4.69, 9.17) is 9.47 Å². The molecular weight excluding hydrogens is 164 g/mol. The Morgan fingerprint density at radius 1 is 0.923 bits per heavy atom. The van der Waals surface area contributed by atoms with E-state index in [1.54, 1.807) is 0 Å². The maximum absolute atomic E-state index is 5.60. The van der Waals surface area contributed by atoms with Crippen molar-refractivity contribution < 1.29 is 9.47 Å². The maximum atomic E-state index is 5.60. The van der Waals surface area contributed by atoms with E-state index in [1.165, 1.54) is 38.5 Å². The zero-order chi connectivity index (χ0) is 9.31. The van der Waals surface area contributed by atoms with Crippen LogP contribution in [0.4, 0.5) is 0 Å². The van der Waals surface area contributed by atoms with Gasteiger partial charge in [-0.05, 0) is 25.7 Å². The van der Waals surface area contributed by atoms with E-state index in [1.807, 2.05) is 14.2 Å². The molecule has 2 unspecified atom stereocenters. The van der Waals surface area contributed by atoms with Gasteiger partial charge in [-0.2, -0.15) is 0 Å². The summed E-state index contributed by atoms with van der Waals surface area (Å²) < 4.78 is 11.2. The average Bonchev–Trinajstić information content (AvgIpc) is 2.74. The number of ether oxygens (including phenoxy) is 2. The lowest BCUT2D eigenvalue weighted by Gasteiger charge is -2.35. The third-order valence-electron chi connectivity index (χ3n) is 4.07. The number of rotatable bonds is 2. The van der Waals surface area contributed by atoms with E-state index >= 15 is 0 Å². The zero-order valence-electron chi connectivity index (χ0n) is 8.71. The van der Waals surface area contributed by atoms with E-state index in [0.717, 1.165) is 0 Å². The molecule has 0 N–H and O–H groups in total. The van der Waals surface area contributed by atoms with Crippen molar-refractivity contribution in [2.24, 2.45) is 5.41 Å². The van der Waals surface area contributed by atoms with Crippen LogP contribution in [0.15, 0.2) is 0 Å². The summed E-state index contributed by atoms with van der Waals surface area (Å²) in [5.41, 5.74) is 0.378. The fraction of sp³-hybridized carbons (Fsp3) is 1.00. The quantitative estimate of drug-likeness (QED) is 0.656. The van der Waals surface area contributed by atoms with Crippen LogP contribution in [-0.2, 0) is 9.47 Å². The second-order valence-corrected chi connectivity index (χ2v) is 4.47. The van der Waals surface area contributed by atoms with Gasteiger partial charge in [-0.25, -0.2) is 0 Å². The standard InChI is InChI=1S/C11H20O2/c1-12-9-5-3-7-11(9)8-4-6-10(11)13-2/h9-10H,3-8H2,1-2H3. The number of methoxy groups -OCH3 is 2. The first-order valence-corrected chi connectivity index (χ1v) is 5.39. The van der Waals surface area contributed by atoms with Gasteiger partial charge in [0.25, 0.3) is 0 Å². The third kappa shape index (κ3) is 1.31. The van der Waals surface area contributed by atoms with Crippen LogP contribution >= 0.6 is 0 Å². The normalized spacial score (nSPS) is 44.8. The Bertz CT molecular complexity index is 159. The molecule has 0 aromatic heterocycles. The molecule has 0 aromatic carbocycles. The van der Waals surface area contributed by atoms with Gasteiger partial charge >= 0.3 is 0 Å². The Hall–Kier alpha value is -0.0800. The van der Waals surface area contributed by atoms with E-state index in [-0.39, 0.29) is 0 Å². The van der Waals surface area contributed by atoms with Crippen LogP contribution in [0.3, 0.4) is 0 Å². The Morgan fingerprint density at radius 2 is 1.38 bits per heavy atom. The summed E-state index contributed by atoms with van der Waals surface area (Å²) in [6.07, 6.45) is 8.64. The highest BCUT2D eigenvalue weighted by Gasteiger charge is 2.51. The molecule has 2 saturated carbocycles. The van der Waals surface area contributed by atoms with Crippen LogP contribution in [-0.4, -0.2) is 26.4 Å². The Balaban J connectivity index is 2.16. The summed E-state index contributed by atoms with van der Waals surface area (Å²) in [6.45, 7) is 0. The molecule has 2 fully saturated rings. The Kier molecular flexibility index (Phi) is 2.61. The molecule has 0 saturated heterocycles. The summed E-state index contributed by atoms with van der Waals surface area (Å²) in [5.74, 6) is 0. The molecule has 2 aliphatic rings. The lowest BCUT2D eigenvalue weighted by atomic mass is 9.80. The molecule has 0 amide bonds. The maximum Gasteiger partial charge on any atom is 0.0652 e. The van der Waals surface area contributed by atoms with Gasteiger partial charge in [0.2, 0.25) is 0 Å². The van der Waals surface area contributed by atoms with Crippen LogP contribution in [0.25, 0.3) is 0 Å². The molecule has 2 rings (SSSR count). The largest absolute Gasteiger partial charge is 0.381 e. The van der Waals surface area contributed by atoms with Crippen molar-refractivity contribution in [3.05, 3.63) is 0 Å². The van der Waals surface area contributed by atoms with Gasteiger partial charge in [-0.3, -0.25) is 0 Å². The smallest absolute Gasteiger partial charge is 0.0652 e. The summed E-state index contributed by atoms with van der Waals surface area (Å²) in [6, 6.07) is 0. The molecule has 2 aliphatic carbocycles. The molecule has 2 nitrogen and oxygen atoms in total. The van der Waals surface area contributed by atoms with Gasteiger partial charge in [0.1, 0.15) is 0 Å². The second-order valence-electron chi connectivity index (χ2n) is 4.47. The molecule has 13 heavy (non-hydrogen) atoms. The van der Waals surface area contributed by atoms with Gasteiger partial charge < -0.3 is 9.47 Å². The summed E-state index contributed by atoms with van der Waals surface area (Å²) in [7, 11) is 3.70. The van der Waals surface area contributed by atoms with Crippen molar-refractivity contribution in [1.82, 2.24) is 0 Å². The van der Waals surface area contributed by atoms with Gasteiger partial charge in [-0.1, -0.05) is 12.8 Å². The van der Waals surface area contributed by atoms with E-state index in [9.17, 15) is 0 Å². The van der Waals surface area contributed by atoms with Crippen LogP contribution < -0.4 is 0 Å². The summed E-state index contributed by atoms with van der Waals surface area (Å²) >= 11 is 0. The van der Waals surface area contributed by atoms with E-state index in [0.29, 0.717) is 17.6 Å². The highest BCUT2D eigenvalue weighted by Crippen LogP contribution is 2.52. The molecule has 76 valence electrons. The average molecular weight is 184 g/mol. The molecular formula is C11H20O2. The first-order valence-electron chi connectivity index (χ1n) is 5.39. The number of hydrogen-bond acceptors (Lipinski definition) is 2. The molecule has 0 aliphatic heterocycles.